The molecule has 1 N–H and O–H groups in total. The van der Waals surface area contributed by atoms with Crippen molar-refractivity contribution in [2.24, 2.45) is 5.92 Å². The number of amides is 1. The average molecular weight is 393 g/mol. The van der Waals surface area contributed by atoms with E-state index in [1.165, 1.54) is 18.2 Å². The van der Waals surface area contributed by atoms with Crippen LogP contribution in [0.1, 0.15) is 28.8 Å². The van der Waals surface area contributed by atoms with Gasteiger partial charge in [0.15, 0.2) is 0 Å². The van der Waals surface area contributed by atoms with Gasteiger partial charge in [-0.05, 0) is 61.6 Å². The molecule has 1 aliphatic rings. The lowest BCUT2D eigenvalue weighted by atomic mass is 9.96. The van der Waals surface area contributed by atoms with Crippen molar-refractivity contribution >= 4 is 16.9 Å². The number of nitrogens with zero attached hydrogens (tertiary/aromatic N) is 1. The molecule has 6 nitrogen and oxygen atoms in total. The molecule has 3 aromatic rings. The van der Waals surface area contributed by atoms with Crippen LogP contribution in [0, 0.1) is 12.8 Å². The van der Waals surface area contributed by atoms with E-state index in [1.807, 2.05) is 30.3 Å². The van der Waals surface area contributed by atoms with Gasteiger partial charge in [0.25, 0.3) is 5.91 Å². The first-order valence-corrected chi connectivity index (χ1v) is 9.76. The molecule has 0 atom stereocenters. The molecule has 0 bridgehead atoms. The highest BCUT2D eigenvalue weighted by Gasteiger charge is 2.28. The number of hydrogen-bond acceptors (Lipinski definition) is 5. The highest BCUT2D eigenvalue weighted by atomic mass is 16.5. The number of rotatable bonds is 4. The minimum absolute atomic E-state index is 0.0436. The minimum Gasteiger partial charge on any atom is -0.508 e. The van der Waals surface area contributed by atoms with Crippen molar-refractivity contribution in [2.75, 3.05) is 19.7 Å². The van der Waals surface area contributed by atoms with Crippen molar-refractivity contribution in [1.82, 2.24) is 4.90 Å². The van der Waals surface area contributed by atoms with E-state index < -0.39 is 5.63 Å². The SMILES string of the molecule is Cc1c(C(=O)N2CCC(COc3ccccc3)CC2)c(=O)oc2ccc(O)cc12. The lowest BCUT2D eigenvalue weighted by molar-refractivity contribution is 0.0656. The van der Waals surface area contributed by atoms with Gasteiger partial charge in [-0.2, -0.15) is 0 Å². The van der Waals surface area contributed by atoms with E-state index in [9.17, 15) is 14.7 Å². The van der Waals surface area contributed by atoms with Gasteiger partial charge in [-0.3, -0.25) is 4.79 Å². The maximum Gasteiger partial charge on any atom is 0.349 e. The van der Waals surface area contributed by atoms with Gasteiger partial charge in [-0.1, -0.05) is 18.2 Å². The molecule has 1 amide bonds. The van der Waals surface area contributed by atoms with E-state index >= 15 is 0 Å². The van der Waals surface area contributed by atoms with E-state index in [1.54, 1.807) is 11.8 Å². The second-order valence-electron chi connectivity index (χ2n) is 7.43. The van der Waals surface area contributed by atoms with Gasteiger partial charge in [0.1, 0.15) is 22.6 Å². The molecule has 150 valence electrons. The van der Waals surface area contributed by atoms with Crippen LogP contribution in [0.25, 0.3) is 11.0 Å². The van der Waals surface area contributed by atoms with Gasteiger partial charge >= 0.3 is 5.63 Å². The van der Waals surface area contributed by atoms with E-state index in [-0.39, 0.29) is 17.2 Å². The molecule has 0 radical (unpaired) electrons. The van der Waals surface area contributed by atoms with Gasteiger partial charge in [-0.25, -0.2) is 4.79 Å². The molecule has 2 heterocycles. The summed E-state index contributed by atoms with van der Waals surface area (Å²) in [6, 6.07) is 14.2. The highest BCUT2D eigenvalue weighted by Crippen LogP contribution is 2.26. The zero-order chi connectivity index (χ0) is 20.4. The summed E-state index contributed by atoms with van der Waals surface area (Å²) in [5.41, 5.74) is 0.299. The second kappa shape index (κ2) is 7.99. The molecule has 0 aliphatic carbocycles. The molecule has 1 aromatic heterocycles. The van der Waals surface area contributed by atoms with E-state index in [2.05, 4.69) is 0 Å². The topological polar surface area (TPSA) is 80.0 Å². The van der Waals surface area contributed by atoms with Crippen molar-refractivity contribution < 1.29 is 19.1 Å². The predicted molar refractivity (Wildman–Crippen MR) is 109 cm³/mol. The number of aryl methyl sites for hydroxylation is 1. The minimum atomic E-state index is -0.639. The molecule has 4 rings (SSSR count). The Balaban J connectivity index is 1.45. The van der Waals surface area contributed by atoms with Crippen molar-refractivity contribution in [2.45, 2.75) is 19.8 Å². The van der Waals surface area contributed by atoms with E-state index in [0.717, 1.165) is 18.6 Å². The monoisotopic (exact) mass is 393 g/mol. The smallest absolute Gasteiger partial charge is 0.349 e. The number of benzene rings is 2. The van der Waals surface area contributed by atoms with Crippen LogP contribution in [-0.4, -0.2) is 35.6 Å². The highest BCUT2D eigenvalue weighted by molar-refractivity contribution is 5.99. The number of phenols is 1. The molecule has 1 saturated heterocycles. The summed E-state index contributed by atoms with van der Waals surface area (Å²) in [5, 5.41) is 10.3. The van der Waals surface area contributed by atoms with Crippen LogP contribution in [0.15, 0.2) is 57.7 Å². The number of ether oxygens (including phenoxy) is 1. The first-order valence-electron chi connectivity index (χ1n) is 9.76. The number of para-hydroxylation sites is 1. The fourth-order valence-corrected chi connectivity index (χ4v) is 3.78. The lowest BCUT2D eigenvalue weighted by Crippen LogP contribution is -2.41. The molecule has 1 fully saturated rings. The summed E-state index contributed by atoms with van der Waals surface area (Å²) in [5.74, 6) is 0.958. The van der Waals surface area contributed by atoms with Crippen LogP contribution < -0.4 is 10.4 Å². The number of fused-ring (bicyclic) bond motifs is 1. The normalized spacial score (nSPS) is 14.9. The molecule has 6 heteroatoms. The molecule has 2 aromatic carbocycles. The Labute approximate surface area is 168 Å². The van der Waals surface area contributed by atoms with Gasteiger partial charge in [0.2, 0.25) is 0 Å². The Morgan fingerprint density at radius 2 is 1.90 bits per heavy atom. The van der Waals surface area contributed by atoms with Crippen molar-refractivity contribution in [1.29, 1.82) is 0 Å². The van der Waals surface area contributed by atoms with Crippen LogP contribution in [0.4, 0.5) is 0 Å². The Kier molecular flexibility index (Phi) is 5.25. The standard InChI is InChI=1S/C23H23NO5/c1-15-19-13-17(25)7-8-20(19)29-23(27)21(15)22(26)24-11-9-16(10-12-24)14-28-18-5-3-2-4-6-18/h2-8,13,16,25H,9-12,14H2,1H3. The van der Waals surface area contributed by atoms with Crippen molar-refractivity contribution in [3.05, 3.63) is 70.1 Å². The maximum atomic E-state index is 13.0. The zero-order valence-electron chi connectivity index (χ0n) is 16.3. The fourth-order valence-electron chi connectivity index (χ4n) is 3.78. The summed E-state index contributed by atoms with van der Waals surface area (Å²) < 4.78 is 11.1. The summed E-state index contributed by atoms with van der Waals surface area (Å²) in [7, 11) is 0. The van der Waals surface area contributed by atoms with Gasteiger partial charge in [0.05, 0.1) is 6.61 Å². The molecule has 0 spiro atoms. The molecular formula is C23H23NO5. The Morgan fingerprint density at radius 3 is 2.62 bits per heavy atom. The number of aromatic hydroxyl groups is 1. The first-order chi connectivity index (χ1) is 14.0. The fraction of sp³-hybridized carbons (Fsp3) is 0.304. The van der Waals surface area contributed by atoms with E-state index in [4.69, 9.17) is 9.15 Å². The van der Waals surface area contributed by atoms with Gasteiger partial charge in [-0.15, -0.1) is 0 Å². The predicted octanol–water partition coefficient (Wildman–Crippen LogP) is 3.74. The summed E-state index contributed by atoms with van der Waals surface area (Å²) in [4.78, 5) is 27.2. The van der Waals surface area contributed by atoms with Crippen molar-refractivity contribution in [3.63, 3.8) is 0 Å². The average Bonchev–Trinajstić information content (AvgIpc) is 2.74. The summed E-state index contributed by atoms with van der Waals surface area (Å²) in [6.07, 6.45) is 1.63. The Bertz CT molecular complexity index is 1080. The van der Waals surface area contributed by atoms with Crippen LogP contribution >= 0.6 is 0 Å². The van der Waals surface area contributed by atoms with Crippen molar-refractivity contribution in [3.8, 4) is 11.5 Å². The molecule has 0 saturated carbocycles. The Morgan fingerprint density at radius 1 is 1.17 bits per heavy atom. The molecule has 1 aliphatic heterocycles. The lowest BCUT2D eigenvalue weighted by Gasteiger charge is -2.32. The zero-order valence-corrected chi connectivity index (χ0v) is 16.3. The van der Waals surface area contributed by atoms with Gasteiger partial charge in [0, 0.05) is 18.5 Å². The van der Waals surface area contributed by atoms with Gasteiger partial charge < -0.3 is 19.2 Å². The molecule has 29 heavy (non-hydrogen) atoms. The summed E-state index contributed by atoms with van der Waals surface area (Å²) in [6.45, 7) is 3.46. The summed E-state index contributed by atoms with van der Waals surface area (Å²) >= 11 is 0. The quantitative estimate of drug-likeness (QED) is 0.683. The third-order valence-electron chi connectivity index (χ3n) is 5.49. The number of likely N-dealkylation sites (tertiary alicyclic amines) is 1. The number of hydrogen-bond donors (Lipinski definition) is 1. The number of carbonyl (C=O) groups excluding carboxylic acids is 1. The number of piperidine rings is 1. The largest absolute Gasteiger partial charge is 0.508 e. The maximum absolute atomic E-state index is 13.0. The third kappa shape index (κ3) is 3.97. The van der Waals surface area contributed by atoms with Crippen LogP contribution in [-0.2, 0) is 0 Å². The molecule has 0 unspecified atom stereocenters. The number of phenolic OH excluding ortho intramolecular Hbond substituents is 1. The Hall–Kier alpha value is -3.28. The van der Waals surface area contributed by atoms with E-state index in [0.29, 0.717) is 42.1 Å². The molecular weight excluding hydrogens is 370 g/mol. The second-order valence-corrected chi connectivity index (χ2v) is 7.43. The van der Waals surface area contributed by atoms with Crippen LogP contribution in [0.2, 0.25) is 0 Å². The van der Waals surface area contributed by atoms with Crippen LogP contribution in [0.3, 0.4) is 0 Å². The van der Waals surface area contributed by atoms with Crippen LogP contribution in [0.5, 0.6) is 11.5 Å². The number of carbonyl (C=O) groups is 1. The third-order valence-corrected chi connectivity index (χ3v) is 5.49. The first kappa shape index (κ1) is 19.1.